The van der Waals surface area contributed by atoms with Crippen molar-refractivity contribution in [2.24, 2.45) is 5.92 Å². The number of aromatic carboxylic acids is 1. The Morgan fingerprint density at radius 2 is 2.12 bits per heavy atom. The summed E-state index contributed by atoms with van der Waals surface area (Å²) in [6.07, 6.45) is 10.6. The number of carbonyl (C=O) groups is 1. The van der Waals surface area contributed by atoms with Crippen molar-refractivity contribution in [3.05, 3.63) is 45.2 Å². The Hall–Kier alpha value is -2.49. The number of carboxylic acid groups (broad SMARTS) is 1. The molecule has 8 nitrogen and oxygen atoms in total. The van der Waals surface area contributed by atoms with E-state index in [2.05, 4.69) is 9.88 Å². The molecule has 10 heteroatoms. The predicted molar refractivity (Wildman–Crippen MR) is 135 cm³/mol. The molecular formula is C24H29ClN4O4S. The number of aromatic nitrogens is 3. The van der Waals surface area contributed by atoms with E-state index in [-0.39, 0.29) is 18.0 Å². The van der Waals surface area contributed by atoms with Gasteiger partial charge in [-0.05, 0) is 56.6 Å². The largest absolute Gasteiger partial charge is 0.477 e. The normalized spacial score (nSPS) is 18.5. The molecule has 0 radical (unpaired) electrons. The van der Waals surface area contributed by atoms with Gasteiger partial charge in [-0.15, -0.1) is 23.7 Å². The highest BCUT2D eigenvalue weighted by molar-refractivity contribution is 7.12. The second-order valence-electron chi connectivity index (χ2n) is 9.05. The van der Waals surface area contributed by atoms with Crippen molar-refractivity contribution in [2.45, 2.75) is 51.6 Å². The van der Waals surface area contributed by atoms with Crippen LogP contribution >= 0.6 is 23.7 Å². The molecule has 0 aliphatic carbocycles. The van der Waals surface area contributed by atoms with Crippen LogP contribution in [-0.4, -0.2) is 51.4 Å². The molecule has 0 bridgehead atoms. The summed E-state index contributed by atoms with van der Waals surface area (Å²) >= 11 is 1.37. The summed E-state index contributed by atoms with van der Waals surface area (Å²) < 4.78 is 7.47. The monoisotopic (exact) mass is 504 g/mol. The molecule has 0 amide bonds. The zero-order chi connectivity index (χ0) is 22.9. The van der Waals surface area contributed by atoms with E-state index in [1.807, 2.05) is 18.4 Å². The molecule has 3 aromatic heterocycles. The third-order valence-corrected chi connectivity index (χ3v) is 7.46. The van der Waals surface area contributed by atoms with E-state index in [0.717, 1.165) is 37.5 Å². The van der Waals surface area contributed by atoms with Crippen molar-refractivity contribution in [3.63, 3.8) is 0 Å². The minimum atomic E-state index is -1.25. The number of thiazole rings is 1. The standard InChI is InChI=1S/C24H28N4O4S.ClH/c1-15-11-19(27-12-16(13-27)5-4-7-17-6-2-3-9-32-17)26-22-20(15)21(29)18(23(30)31)14-28(22)24-25-8-10-33-24;/h8,10-11,14,16-17H,2-7,9,12-13H2,1H3,(H,30,31);1H. The number of pyridine rings is 2. The molecule has 2 fully saturated rings. The Balaban J connectivity index is 0.00000274. The molecule has 34 heavy (non-hydrogen) atoms. The molecule has 0 saturated carbocycles. The van der Waals surface area contributed by atoms with Gasteiger partial charge in [0.1, 0.15) is 11.4 Å². The van der Waals surface area contributed by atoms with Gasteiger partial charge in [0.25, 0.3) is 0 Å². The van der Waals surface area contributed by atoms with Gasteiger partial charge in [0.2, 0.25) is 5.43 Å². The van der Waals surface area contributed by atoms with Gasteiger partial charge in [-0.2, -0.15) is 0 Å². The summed E-state index contributed by atoms with van der Waals surface area (Å²) in [5.74, 6) is 0.210. The molecule has 5 rings (SSSR count). The van der Waals surface area contributed by atoms with Crippen LogP contribution < -0.4 is 10.3 Å². The molecule has 5 heterocycles. The molecule has 1 atom stereocenters. The number of nitrogens with zero attached hydrogens (tertiary/aromatic N) is 4. The number of ether oxygens (including phenoxy) is 1. The lowest BCUT2D eigenvalue weighted by Gasteiger charge is -2.40. The second kappa shape index (κ2) is 10.4. The van der Waals surface area contributed by atoms with E-state index in [0.29, 0.717) is 28.2 Å². The van der Waals surface area contributed by atoms with E-state index in [1.165, 1.54) is 49.6 Å². The quantitative estimate of drug-likeness (QED) is 0.507. The first-order valence-electron chi connectivity index (χ1n) is 11.6. The molecule has 1 unspecified atom stereocenters. The number of fused-ring (bicyclic) bond motifs is 1. The maximum absolute atomic E-state index is 12.9. The zero-order valence-electron chi connectivity index (χ0n) is 19.1. The summed E-state index contributed by atoms with van der Waals surface area (Å²) in [5, 5.41) is 12.3. The first kappa shape index (κ1) is 24.6. The van der Waals surface area contributed by atoms with Gasteiger partial charge >= 0.3 is 5.97 Å². The van der Waals surface area contributed by atoms with Crippen LogP contribution in [0.25, 0.3) is 16.2 Å². The Bertz CT molecular complexity index is 1220. The summed E-state index contributed by atoms with van der Waals surface area (Å²) in [5.41, 5.74) is 0.397. The first-order valence-corrected chi connectivity index (χ1v) is 12.5. The maximum atomic E-state index is 12.9. The third-order valence-electron chi connectivity index (χ3n) is 6.69. The SMILES string of the molecule is Cc1cc(N2CC(CCCC3CCCCO3)C2)nc2c1c(=O)c(C(=O)O)cn2-c1nccs1.Cl. The molecule has 3 aromatic rings. The van der Waals surface area contributed by atoms with Crippen LogP contribution in [0.2, 0.25) is 0 Å². The fourth-order valence-electron chi connectivity index (χ4n) is 4.88. The van der Waals surface area contributed by atoms with Crippen molar-refractivity contribution in [1.29, 1.82) is 0 Å². The van der Waals surface area contributed by atoms with Crippen LogP contribution in [0.15, 0.2) is 28.6 Å². The Morgan fingerprint density at radius 1 is 1.29 bits per heavy atom. The molecule has 2 aliphatic rings. The molecule has 0 aromatic carbocycles. The van der Waals surface area contributed by atoms with Gasteiger partial charge in [0.15, 0.2) is 10.8 Å². The van der Waals surface area contributed by atoms with Crippen LogP contribution in [0.3, 0.4) is 0 Å². The van der Waals surface area contributed by atoms with E-state index < -0.39 is 11.4 Å². The summed E-state index contributed by atoms with van der Waals surface area (Å²) in [6, 6.07) is 1.90. The highest BCUT2D eigenvalue weighted by Gasteiger charge is 2.29. The summed E-state index contributed by atoms with van der Waals surface area (Å²) in [6.45, 7) is 4.64. The Kier molecular flexibility index (Phi) is 7.54. The van der Waals surface area contributed by atoms with Crippen molar-refractivity contribution in [2.75, 3.05) is 24.6 Å². The summed E-state index contributed by atoms with van der Waals surface area (Å²) in [7, 11) is 0. The van der Waals surface area contributed by atoms with Crippen LogP contribution in [0.5, 0.6) is 0 Å². The van der Waals surface area contributed by atoms with Crippen molar-refractivity contribution in [3.8, 4) is 5.13 Å². The smallest absolute Gasteiger partial charge is 0.341 e. The molecule has 2 aliphatic heterocycles. The minimum absolute atomic E-state index is 0. The van der Waals surface area contributed by atoms with Gasteiger partial charge in [-0.1, -0.05) is 6.42 Å². The van der Waals surface area contributed by atoms with Crippen LogP contribution in [-0.2, 0) is 4.74 Å². The van der Waals surface area contributed by atoms with E-state index in [1.54, 1.807) is 10.8 Å². The van der Waals surface area contributed by atoms with E-state index in [4.69, 9.17) is 9.72 Å². The molecule has 1 N–H and O–H groups in total. The van der Waals surface area contributed by atoms with Crippen LogP contribution in [0.4, 0.5) is 5.82 Å². The van der Waals surface area contributed by atoms with Crippen LogP contribution in [0, 0.1) is 12.8 Å². The fraction of sp³-hybridized carbons (Fsp3) is 0.500. The lowest BCUT2D eigenvalue weighted by atomic mass is 9.92. The van der Waals surface area contributed by atoms with Crippen molar-refractivity contribution < 1.29 is 14.6 Å². The van der Waals surface area contributed by atoms with E-state index in [9.17, 15) is 14.7 Å². The van der Waals surface area contributed by atoms with Crippen molar-refractivity contribution in [1.82, 2.24) is 14.5 Å². The Morgan fingerprint density at radius 3 is 2.79 bits per heavy atom. The Labute approximate surface area is 208 Å². The predicted octanol–water partition coefficient (Wildman–Crippen LogP) is 4.45. The number of aryl methyl sites for hydroxylation is 1. The van der Waals surface area contributed by atoms with Gasteiger partial charge in [-0.25, -0.2) is 14.8 Å². The van der Waals surface area contributed by atoms with Gasteiger partial charge < -0.3 is 14.7 Å². The lowest BCUT2D eigenvalue weighted by Crippen LogP contribution is -2.47. The van der Waals surface area contributed by atoms with E-state index >= 15 is 0 Å². The molecular weight excluding hydrogens is 476 g/mol. The molecule has 2 saturated heterocycles. The van der Waals surface area contributed by atoms with Gasteiger partial charge in [0.05, 0.1) is 11.5 Å². The number of carboxylic acids is 1. The molecule has 0 spiro atoms. The highest BCUT2D eigenvalue weighted by Crippen LogP contribution is 2.30. The number of rotatable bonds is 7. The zero-order valence-corrected chi connectivity index (χ0v) is 20.7. The minimum Gasteiger partial charge on any atom is -0.477 e. The number of hydrogen-bond donors (Lipinski definition) is 1. The highest BCUT2D eigenvalue weighted by atomic mass is 35.5. The number of anilines is 1. The summed E-state index contributed by atoms with van der Waals surface area (Å²) in [4.78, 5) is 35.9. The van der Waals surface area contributed by atoms with Crippen LogP contribution in [0.1, 0.15) is 54.4 Å². The molecule has 182 valence electrons. The lowest BCUT2D eigenvalue weighted by molar-refractivity contribution is 0.00905. The van der Waals surface area contributed by atoms with Crippen molar-refractivity contribution >= 4 is 46.6 Å². The second-order valence-corrected chi connectivity index (χ2v) is 9.92. The third kappa shape index (κ3) is 4.82. The number of halogens is 1. The van der Waals surface area contributed by atoms with Gasteiger partial charge in [-0.3, -0.25) is 9.36 Å². The fourth-order valence-corrected chi connectivity index (χ4v) is 5.50. The maximum Gasteiger partial charge on any atom is 0.341 e. The average Bonchev–Trinajstić information content (AvgIpc) is 3.30. The topological polar surface area (TPSA) is 97.5 Å². The average molecular weight is 505 g/mol. The number of hydrogen-bond acceptors (Lipinski definition) is 7. The first-order chi connectivity index (χ1) is 16.0. The van der Waals surface area contributed by atoms with Gasteiger partial charge in [0, 0.05) is 37.5 Å².